The van der Waals surface area contributed by atoms with Crippen LogP contribution < -0.4 is 4.72 Å². The molecule has 0 aromatic rings. The van der Waals surface area contributed by atoms with Crippen molar-refractivity contribution >= 4 is 10.0 Å². The fourth-order valence-corrected chi connectivity index (χ4v) is 2.52. The Hall–Kier alpha value is -0.170. The number of hydrogen-bond donors (Lipinski definition) is 1. The first-order chi connectivity index (χ1) is 7.28. The molecule has 0 bridgehead atoms. The van der Waals surface area contributed by atoms with E-state index in [0.717, 1.165) is 13.1 Å². The Morgan fingerprint density at radius 1 is 1.38 bits per heavy atom. The van der Waals surface area contributed by atoms with Gasteiger partial charge in [0, 0.05) is 25.7 Å². The van der Waals surface area contributed by atoms with Crippen molar-refractivity contribution in [3.8, 4) is 0 Å². The topological polar surface area (TPSA) is 58.6 Å². The van der Waals surface area contributed by atoms with Crippen molar-refractivity contribution in [2.45, 2.75) is 39.0 Å². The van der Waals surface area contributed by atoms with Crippen LogP contribution in [0.2, 0.25) is 0 Å². The molecule has 0 amide bonds. The molecule has 5 nitrogen and oxygen atoms in total. The van der Waals surface area contributed by atoms with Crippen LogP contribution in [-0.4, -0.2) is 57.5 Å². The monoisotopic (exact) mass is 250 g/mol. The molecule has 96 valence electrons. The van der Waals surface area contributed by atoms with Crippen molar-refractivity contribution in [1.29, 1.82) is 0 Å². The number of hydrogen-bond acceptors (Lipinski definition) is 4. The van der Waals surface area contributed by atoms with Gasteiger partial charge in [-0.1, -0.05) is 0 Å². The number of sulfonamides is 1. The highest BCUT2D eigenvalue weighted by Crippen LogP contribution is 2.13. The minimum Gasteiger partial charge on any atom is -0.373 e. The van der Waals surface area contributed by atoms with Gasteiger partial charge in [0.25, 0.3) is 0 Å². The van der Waals surface area contributed by atoms with E-state index < -0.39 is 10.0 Å². The Labute approximate surface area is 98.2 Å². The van der Waals surface area contributed by atoms with Gasteiger partial charge in [0.1, 0.15) is 0 Å². The lowest BCUT2D eigenvalue weighted by atomic mass is 10.2. The van der Waals surface area contributed by atoms with Gasteiger partial charge in [-0.15, -0.1) is 0 Å². The lowest BCUT2D eigenvalue weighted by molar-refractivity contribution is -0.0776. The smallest absolute Gasteiger partial charge is 0.208 e. The van der Waals surface area contributed by atoms with E-state index in [-0.39, 0.29) is 18.2 Å². The fraction of sp³-hybridized carbons (Fsp3) is 1.00. The number of ether oxygens (including phenoxy) is 1. The molecule has 1 aliphatic heterocycles. The average Bonchev–Trinajstić information content (AvgIpc) is 2.11. The second kappa shape index (κ2) is 5.44. The Morgan fingerprint density at radius 3 is 2.31 bits per heavy atom. The number of morpholine rings is 1. The molecular formula is C10H22N2O3S. The summed E-state index contributed by atoms with van der Waals surface area (Å²) in [6.45, 7) is 8.29. The van der Waals surface area contributed by atoms with Gasteiger partial charge in [0.2, 0.25) is 10.0 Å². The Kier molecular flexibility index (Phi) is 4.73. The Balaban J connectivity index is 2.44. The highest BCUT2D eigenvalue weighted by atomic mass is 32.2. The first-order valence-corrected chi connectivity index (χ1v) is 7.51. The van der Waals surface area contributed by atoms with Crippen LogP contribution in [0.1, 0.15) is 20.8 Å². The summed E-state index contributed by atoms with van der Waals surface area (Å²) in [7, 11) is -3.09. The maximum Gasteiger partial charge on any atom is 0.208 e. The van der Waals surface area contributed by atoms with E-state index in [1.54, 1.807) is 0 Å². The molecule has 1 heterocycles. The third kappa shape index (κ3) is 4.78. The van der Waals surface area contributed by atoms with E-state index in [1.807, 2.05) is 20.8 Å². The van der Waals surface area contributed by atoms with Crippen LogP contribution in [-0.2, 0) is 14.8 Å². The van der Waals surface area contributed by atoms with E-state index in [2.05, 4.69) is 9.62 Å². The summed E-state index contributed by atoms with van der Waals surface area (Å²) in [5.41, 5.74) is 0. The summed E-state index contributed by atoms with van der Waals surface area (Å²) < 4.78 is 30.2. The summed E-state index contributed by atoms with van der Waals surface area (Å²) in [4.78, 5) is 2.26. The van der Waals surface area contributed by atoms with Crippen molar-refractivity contribution in [3.05, 3.63) is 0 Å². The van der Waals surface area contributed by atoms with Crippen molar-refractivity contribution < 1.29 is 13.2 Å². The quantitative estimate of drug-likeness (QED) is 0.765. The molecule has 1 fully saturated rings. The van der Waals surface area contributed by atoms with Gasteiger partial charge >= 0.3 is 0 Å². The van der Waals surface area contributed by atoms with Gasteiger partial charge in [-0.3, -0.25) is 4.90 Å². The minimum atomic E-state index is -3.09. The standard InChI is InChI=1S/C10H22N2O3S/c1-8(5-11-16(4,13)14)12-6-9(2)15-10(3)7-12/h8-11H,5-7H2,1-4H3. The van der Waals surface area contributed by atoms with Gasteiger partial charge in [-0.05, 0) is 20.8 Å². The largest absolute Gasteiger partial charge is 0.373 e. The third-order valence-corrected chi connectivity index (χ3v) is 3.40. The summed E-state index contributed by atoms with van der Waals surface area (Å²) in [5, 5.41) is 0. The van der Waals surface area contributed by atoms with Gasteiger partial charge in [-0.2, -0.15) is 0 Å². The lowest BCUT2D eigenvalue weighted by Gasteiger charge is -2.38. The molecule has 1 aliphatic rings. The summed E-state index contributed by atoms with van der Waals surface area (Å²) in [5.74, 6) is 0. The normalized spacial score (nSPS) is 30.2. The summed E-state index contributed by atoms with van der Waals surface area (Å²) in [6, 6.07) is 0.198. The van der Waals surface area contributed by atoms with Crippen LogP contribution in [0.3, 0.4) is 0 Å². The Morgan fingerprint density at radius 2 is 1.88 bits per heavy atom. The SMILES string of the molecule is CC1CN(C(C)CNS(C)(=O)=O)CC(C)O1. The molecule has 0 radical (unpaired) electrons. The molecule has 1 saturated heterocycles. The van der Waals surface area contributed by atoms with E-state index in [1.165, 1.54) is 6.26 Å². The van der Waals surface area contributed by atoms with E-state index in [9.17, 15) is 8.42 Å². The second-order valence-corrected chi connectivity index (χ2v) is 6.51. The Bertz CT molecular complexity index is 308. The molecule has 0 aromatic heterocycles. The maximum absolute atomic E-state index is 11.0. The number of nitrogens with one attached hydrogen (secondary N) is 1. The van der Waals surface area contributed by atoms with E-state index in [0.29, 0.717) is 6.54 Å². The molecule has 6 heteroatoms. The lowest BCUT2D eigenvalue weighted by Crippen LogP contribution is -2.52. The minimum absolute atomic E-state index is 0.198. The first kappa shape index (κ1) is 13.9. The summed E-state index contributed by atoms with van der Waals surface area (Å²) in [6.07, 6.45) is 1.61. The zero-order chi connectivity index (χ0) is 12.3. The van der Waals surface area contributed by atoms with Crippen LogP contribution in [0, 0.1) is 0 Å². The van der Waals surface area contributed by atoms with Crippen molar-refractivity contribution in [3.63, 3.8) is 0 Å². The van der Waals surface area contributed by atoms with E-state index >= 15 is 0 Å². The molecule has 0 aliphatic carbocycles. The predicted octanol–water partition coefficient (Wildman–Crippen LogP) is 0.0333. The van der Waals surface area contributed by atoms with Crippen LogP contribution >= 0.6 is 0 Å². The van der Waals surface area contributed by atoms with Gasteiger partial charge in [-0.25, -0.2) is 13.1 Å². The predicted molar refractivity (Wildman–Crippen MR) is 63.9 cm³/mol. The zero-order valence-electron chi connectivity index (χ0n) is 10.4. The number of rotatable bonds is 4. The molecule has 1 N–H and O–H groups in total. The van der Waals surface area contributed by atoms with Gasteiger partial charge in [0.15, 0.2) is 0 Å². The second-order valence-electron chi connectivity index (χ2n) is 4.68. The molecular weight excluding hydrogens is 228 g/mol. The van der Waals surface area contributed by atoms with Crippen molar-refractivity contribution in [2.75, 3.05) is 25.9 Å². The van der Waals surface area contributed by atoms with Crippen molar-refractivity contribution in [1.82, 2.24) is 9.62 Å². The average molecular weight is 250 g/mol. The zero-order valence-corrected chi connectivity index (χ0v) is 11.3. The van der Waals surface area contributed by atoms with Crippen LogP contribution in [0.5, 0.6) is 0 Å². The molecule has 1 rings (SSSR count). The van der Waals surface area contributed by atoms with Crippen molar-refractivity contribution in [2.24, 2.45) is 0 Å². The van der Waals surface area contributed by atoms with E-state index in [4.69, 9.17) is 4.74 Å². The molecule has 0 saturated carbocycles. The maximum atomic E-state index is 11.0. The van der Waals surface area contributed by atoms with Gasteiger partial charge < -0.3 is 4.74 Å². The molecule has 3 unspecified atom stereocenters. The summed E-state index contributed by atoms with van der Waals surface area (Å²) >= 11 is 0. The molecule has 3 atom stereocenters. The molecule has 0 aromatic carbocycles. The number of nitrogens with zero attached hydrogens (tertiary/aromatic N) is 1. The van der Waals surface area contributed by atoms with Gasteiger partial charge in [0.05, 0.1) is 18.5 Å². The highest BCUT2D eigenvalue weighted by molar-refractivity contribution is 7.88. The highest BCUT2D eigenvalue weighted by Gasteiger charge is 2.25. The van der Waals surface area contributed by atoms with Crippen LogP contribution in [0.15, 0.2) is 0 Å². The first-order valence-electron chi connectivity index (χ1n) is 5.62. The third-order valence-electron chi connectivity index (χ3n) is 2.71. The molecule has 0 spiro atoms. The van der Waals surface area contributed by atoms with Crippen LogP contribution in [0.4, 0.5) is 0 Å². The fourth-order valence-electron chi connectivity index (χ4n) is 1.98. The molecule has 16 heavy (non-hydrogen) atoms. The van der Waals surface area contributed by atoms with Crippen LogP contribution in [0.25, 0.3) is 0 Å².